The van der Waals surface area contributed by atoms with Crippen molar-refractivity contribution >= 4 is 27.5 Å². The molecule has 1 heterocycles. The van der Waals surface area contributed by atoms with Crippen molar-refractivity contribution in [3.05, 3.63) is 34.3 Å². The SMILES string of the molecule is O=C1CCN(CCCC(=O)c2ccc(Br)cc2)CC1. The topological polar surface area (TPSA) is 37.4 Å². The van der Waals surface area contributed by atoms with E-state index in [1.807, 2.05) is 24.3 Å². The fraction of sp³-hybridized carbons (Fsp3) is 0.467. The zero-order valence-corrected chi connectivity index (χ0v) is 12.5. The summed E-state index contributed by atoms with van der Waals surface area (Å²) >= 11 is 3.36. The van der Waals surface area contributed by atoms with E-state index in [0.717, 1.165) is 36.1 Å². The van der Waals surface area contributed by atoms with Crippen LogP contribution >= 0.6 is 15.9 Å². The van der Waals surface area contributed by atoms with E-state index in [0.29, 0.717) is 25.0 Å². The van der Waals surface area contributed by atoms with Crippen LogP contribution in [0.1, 0.15) is 36.0 Å². The Balaban J connectivity index is 1.72. The molecule has 1 aliphatic heterocycles. The number of carbonyl (C=O) groups is 2. The maximum Gasteiger partial charge on any atom is 0.162 e. The van der Waals surface area contributed by atoms with Crippen LogP contribution in [0.15, 0.2) is 28.7 Å². The molecule has 0 aliphatic carbocycles. The third kappa shape index (κ3) is 4.55. The minimum Gasteiger partial charge on any atom is -0.302 e. The van der Waals surface area contributed by atoms with Crippen molar-refractivity contribution in [3.63, 3.8) is 0 Å². The lowest BCUT2D eigenvalue weighted by Crippen LogP contribution is -2.34. The molecule has 1 fully saturated rings. The predicted octanol–water partition coefficient (Wildman–Crippen LogP) is 3.08. The van der Waals surface area contributed by atoms with Crippen molar-refractivity contribution in [1.29, 1.82) is 0 Å². The number of carbonyl (C=O) groups excluding carboxylic acids is 2. The second-order valence-electron chi connectivity index (χ2n) is 4.91. The third-order valence-electron chi connectivity index (χ3n) is 3.46. The lowest BCUT2D eigenvalue weighted by molar-refractivity contribution is -0.121. The quantitative estimate of drug-likeness (QED) is 0.781. The van der Waals surface area contributed by atoms with Gasteiger partial charge in [-0.25, -0.2) is 0 Å². The zero-order chi connectivity index (χ0) is 13.7. The summed E-state index contributed by atoms with van der Waals surface area (Å²) in [6.45, 7) is 2.62. The van der Waals surface area contributed by atoms with Gasteiger partial charge in [-0.3, -0.25) is 9.59 Å². The van der Waals surface area contributed by atoms with Gasteiger partial charge in [0.2, 0.25) is 0 Å². The molecule has 19 heavy (non-hydrogen) atoms. The first-order valence-electron chi connectivity index (χ1n) is 6.68. The van der Waals surface area contributed by atoms with Gasteiger partial charge in [0.05, 0.1) is 0 Å². The number of Topliss-reactive ketones (excluding diaryl/α,β-unsaturated/α-hetero) is 2. The van der Waals surface area contributed by atoms with Crippen molar-refractivity contribution in [2.75, 3.05) is 19.6 Å². The standard InChI is InChI=1S/C15H18BrNO2/c16-13-5-3-12(4-6-13)15(19)2-1-9-17-10-7-14(18)8-11-17/h3-6H,1-2,7-11H2. The number of piperidine rings is 1. The molecule has 1 aromatic carbocycles. The minimum atomic E-state index is 0.195. The summed E-state index contributed by atoms with van der Waals surface area (Å²) < 4.78 is 0.988. The van der Waals surface area contributed by atoms with E-state index < -0.39 is 0 Å². The summed E-state index contributed by atoms with van der Waals surface area (Å²) in [5, 5.41) is 0. The highest BCUT2D eigenvalue weighted by Gasteiger charge is 2.15. The van der Waals surface area contributed by atoms with Gasteiger partial charge >= 0.3 is 0 Å². The number of nitrogens with zero attached hydrogens (tertiary/aromatic N) is 1. The summed E-state index contributed by atoms with van der Waals surface area (Å²) in [6, 6.07) is 7.49. The van der Waals surface area contributed by atoms with Crippen molar-refractivity contribution in [3.8, 4) is 0 Å². The Kier molecular flexibility index (Phi) is 5.28. The van der Waals surface area contributed by atoms with Crippen molar-refractivity contribution in [2.24, 2.45) is 0 Å². The fourth-order valence-corrected chi connectivity index (χ4v) is 2.53. The second-order valence-corrected chi connectivity index (χ2v) is 5.83. The van der Waals surface area contributed by atoms with Gasteiger partial charge in [-0.1, -0.05) is 28.1 Å². The van der Waals surface area contributed by atoms with Crippen molar-refractivity contribution < 1.29 is 9.59 Å². The summed E-state index contributed by atoms with van der Waals surface area (Å²) in [5.74, 6) is 0.558. The molecular formula is C15H18BrNO2. The molecule has 0 atom stereocenters. The van der Waals surface area contributed by atoms with E-state index in [1.165, 1.54) is 0 Å². The first-order chi connectivity index (χ1) is 9.15. The fourth-order valence-electron chi connectivity index (χ4n) is 2.27. The van der Waals surface area contributed by atoms with Gasteiger partial charge in [0, 0.05) is 42.4 Å². The van der Waals surface area contributed by atoms with Gasteiger partial charge in [-0.2, -0.15) is 0 Å². The van der Waals surface area contributed by atoms with Crippen LogP contribution in [0.5, 0.6) is 0 Å². The number of benzene rings is 1. The molecule has 102 valence electrons. The molecule has 1 saturated heterocycles. The third-order valence-corrected chi connectivity index (χ3v) is 3.99. The molecule has 0 aromatic heterocycles. The highest BCUT2D eigenvalue weighted by Crippen LogP contribution is 2.13. The summed E-state index contributed by atoms with van der Waals surface area (Å²) in [5.41, 5.74) is 0.775. The Morgan fingerprint density at radius 1 is 1.16 bits per heavy atom. The molecule has 1 aromatic rings. The average molecular weight is 324 g/mol. The first kappa shape index (κ1) is 14.4. The van der Waals surface area contributed by atoms with Crippen molar-refractivity contribution in [2.45, 2.75) is 25.7 Å². The maximum atomic E-state index is 12.0. The number of likely N-dealkylation sites (tertiary alicyclic amines) is 1. The lowest BCUT2D eigenvalue weighted by Gasteiger charge is -2.25. The molecule has 4 heteroatoms. The summed E-state index contributed by atoms with van der Waals surface area (Å²) in [6.07, 6.45) is 2.77. The van der Waals surface area contributed by atoms with E-state index >= 15 is 0 Å². The van der Waals surface area contributed by atoms with Crippen LogP contribution in [0, 0.1) is 0 Å². The minimum absolute atomic E-state index is 0.195. The van der Waals surface area contributed by atoms with Crippen LogP contribution in [0.3, 0.4) is 0 Å². The molecule has 0 amide bonds. The molecule has 3 nitrogen and oxygen atoms in total. The average Bonchev–Trinajstić information content (AvgIpc) is 2.41. The lowest BCUT2D eigenvalue weighted by atomic mass is 10.1. The monoisotopic (exact) mass is 323 g/mol. The molecule has 0 bridgehead atoms. The number of halogens is 1. The zero-order valence-electron chi connectivity index (χ0n) is 10.9. The van der Waals surface area contributed by atoms with Crippen LogP contribution in [0.2, 0.25) is 0 Å². The Bertz CT molecular complexity index is 446. The highest BCUT2D eigenvalue weighted by molar-refractivity contribution is 9.10. The predicted molar refractivity (Wildman–Crippen MR) is 78.4 cm³/mol. The van der Waals surface area contributed by atoms with Crippen LogP contribution in [0.4, 0.5) is 0 Å². The van der Waals surface area contributed by atoms with Gasteiger partial charge in [-0.15, -0.1) is 0 Å². The number of rotatable bonds is 5. The van der Waals surface area contributed by atoms with E-state index in [1.54, 1.807) is 0 Å². The Hall–Kier alpha value is -1.000. The van der Waals surface area contributed by atoms with E-state index in [-0.39, 0.29) is 5.78 Å². The molecular weight excluding hydrogens is 306 g/mol. The second kappa shape index (κ2) is 6.96. The normalized spacial score (nSPS) is 16.6. The smallest absolute Gasteiger partial charge is 0.162 e. The van der Waals surface area contributed by atoms with Gasteiger partial charge in [-0.05, 0) is 25.1 Å². The van der Waals surface area contributed by atoms with E-state index in [9.17, 15) is 9.59 Å². The number of ketones is 2. The maximum absolute atomic E-state index is 12.0. The van der Waals surface area contributed by atoms with Crippen LogP contribution < -0.4 is 0 Å². The molecule has 0 radical (unpaired) electrons. The number of hydrogen-bond donors (Lipinski definition) is 0. The molecule has 2 rings (SSSR count). The van der Waals surface area contributed by atoms with E-state index in [4.69, 9.17) is 0 Å². The van der Waals surface area contributed by atoms with Crippen LogP contribution in [0.25, 0.3) is 0 Å². The van der Waals surface area contributed by atoms with Gasteiger partial charge < -0.3 is 4.90 Å². The largest absolute Gasteiger partial charge is 0.302 e. The van der Waals surface area contributed by atoms with Crippen molar-refractivity contribution in [1.82, 2.24) is 4.90 Å². The Morgan fingerprint density at radius 2 is 1.79 bits per heavy atom. The Labute approximate surface area is 122 Å². The van der Waals surface area contributed by atoms with Gasteiger partial charge in [0.15, 0.2) is 5.78 Å². The van der Waals surface area contributed by atoms with E-state index in [2.05, 4.69) is 20.8 Å². The summed E-state index contributed by atoms with van der Waals surface area (Å²) in [7, 11) is 0. The Morgan fingerprint density at radius 3 is 2.42 bits per heavy atom. The molecule has 0 saturated carbocycles. The molecule has 0 unspecified atom stereocenters. The highest BCUT2D eigenvalue weighted by atomic mass is 79.9. The van der Waals surface area contributed by atoms with Crippen LogP contribution in [-0.4, -0.2) is 36.1 Å². The molecule has 1 aliphatic rings. The molecule has 0 spiro atoms. The first-order valence-corrected chi connectivity index (χ1v) is 7.47. The molecule has 0 N–H and O–H groups in total. The van der Waals surface area contributed by atoms with Gasteiger partial charge in [0.1, 0.15) is 5.78 Å². The number of hydrogen-bond acceptors (Lipinski definition) is 3. The van der Waals surface area contributed by atoms with Crippen LogP contribution in [-0.2, 0) is 4.79 Å². The summed E-state index contributed by atoms with van der Waals surface area (Å²) in [4.78, 5) is 25.4. The van der Waals surface area contributed by atoms with Gasteiger partial charge in [0.25, 0.3) is 0 Å².